The van der Waals surface area contributed by atoms with E-state index >= 15 is 0 Å². The Bertz CT molecular complexity index is 621. The molecule has 6 heteroatoms. The summed E-state index contributed by atoms with van der Waals surface area (Å²) in [5, 5.41) is 0. The molecule has 2 aliphatic rings. The highest BCUT2D eigenvalue weighted by Crippen LogP contribution is 2.19. The number of anilines is 1. The standard InChI is InChI=1S/C18H23N3O3/c19-18(23)16-2-1-9-21(16)17(22)8-5-14-3-6-15(7-4-14)20-10-12-24-13-11-20/h3-8,16H,1-2,9-13H2,(H2,19,23)/b8-5+. The zero-order chi connectivity index (χ0) is 16.9. The first-order chi connectivity index (χ1) is 11.6. The molecule has 1 atom stereocenters. The van der Waals surface area contributed by atoms with Crippen LogP contribution in [0.3, 0.4) is 0 Å². The lowest BCUT2D eigenvalue weighted by Crippen LogP contribution is -2.43. The molecule has 2 N–H and O–H groups in total. The molecule has 0 spiro atoms. The van der Waals surface area contributed by atoms with Gasteiger partial charge in [-0.05, 0) is 36.6 Å². The van der Waals surface area contributed by atoms with Crippen molar-refractivity contribution >= 4 is 23.6 Å². The monoisotopic (exact) mass is 329 g/mol. The fourth-order valence-corrected chi connectivity index (χ4v) is 3.21. The molecule has 2 amide bonds. The lowest BCUT2D eigenvalue weighted by atomic mass is 10.1. The molecule has 2 heterocycles. The van der Waals surface area contributed by atoms with Crippen molar-refractivity contribution in [3.05, 3.63) is 35.9 Å². The van der Waals surface area contributed by atoms with Crippen LogP contribution >= 0.6 is 0 Å². The Labute approximate surface area is 141 Å². The Kier molecular flexibility index (Phi) is 5.15. The van der Waals surface area contributed by atoms with Crippen molar-refractivity contribution in [3.63, 3.8) is 0 Å². The smallest absolute Gasteiger partial charge is 0.247 e. The summed E-state index contributed by atoms with van der Waals surface area (Å²) in [6.07, 6.45) is 4.78. The summed E-state index contributed by atoms with van der Waals surface area (Å²) in [5.41, 5.74) is 7.47. The van der Waals surface area contributed by atoms with Gasteiger partial charge in [0.15, 0.2) is 0 Å². The highest BCUT2D eigenvalue weighted by atomic mass is 16.5. The number of ether oxygens (including phenoxy) is 1. The number of morpholine rings is 1. The average molecular weight is 329 g/mol. The van der Waals surface area contributed by atoms with Gasteiger partial charge in [0.05, 0.1) is 13.2 Å². The van der Waals surface area contributed by atoms with E-state index in [2.05, 4.69) is 17.0 Å². The van der Waals surface area contributed by atoms with Gasteiger partial charge in [-0.25, -0.2) is 0 Å². The second-order valence-electron chi connectivity index (χ2n) is 6.12. The number of primary amides is 1. The highest BCUT2D eigenvalue weighted by molar-refractivity contribution is 5.95. The molecule has 0 aliphatic carbocycles. The van der Waals surface area contributed by atoms with Crippen LogP contribution in [0.2, 0.25) is 0 Å². The molecule has 1 aromatic carbocycles. The largest absolute Gasteiger partial charge is 0.378 e. The summed E-state index contributed by atoms with van der Waals surface area (Å²) in [6.45, 7) is 3.90. The van der Waals surface area contributed by atoms with Gasteiger partial charge in [-0.1, -0.05) is 12.1 Å². The van der Waals surface area contributed by atoms with Gasteiger partial charge in [0.25, 0.3) is 0 Å². The van der Waals surface area contributed by atoms with Gasteiger partial charge >= 0.3 is 0 Å². The quantitative estimate of drug-likeness (QED) is 0.837. The van der Waals surface area contributed by atoms with Crippen LogP contribution in [-0.4, -0.2) is 55.6 Å². The number of nitrogens with zero attached hydrogens (tertiary/aromatic N) is 2. The van der Waals surface area contributed by atoms with Gasteiger partial charge in [-0.2, -0.15) is 0 Å². The molecule has 24 heavy (non-hydrogen) atoms. The van der Waals surface area contributed by atoms with Gasteiger partial charge in [0, 0.05) is 31.4 Å². The summed E-state index contributed by atoms with van der Waals surface area (Å²) in [4.78, 5) is 27.5. The van der Waals surface area contributed by atoms with E-state index in [0.717, 1.165) is 44.0 Å². The number of carbonyl (C=O) groups is 2. The SMILES string of the molecule is NC(=O)C1CCCN1C(=O)/C=C/c1ccc(N2CCOCC2)cc1. The van der Waals surface area contributed by atoms with Crippen LogP contribution in [0.4, 0.5) is 5.69 Å². The molecule has 2 aliphatic heterocycles. The number of carbonyl (C=O) groups excluding carboxylic acids is 2. The summed E-state index contributed by atoms with van der Waals surface area (Å²) in [7, 11) is 0. The summed E-state index contributed by atoms with van der Waals surface area (Å²) < 4.78 is 5.36. The predicted molar refractivity (Wildman–Crippen MR) is 92.4 cm³/mol. The highest BCUT2D eigenvalue weighted by Gasteiger charge is 2.31. The van der Waals surface area contributed by atoms with E-state index in [1.165, 1.54) is 6.08 Å². The first-order valence-electron chi connectivity index (χ1n) is 8.36. The zero-order valence-electron chi connectivity index (χ0n) is 13.7. The van der Waals surface area contributed by atoms with Gasteiger partial charge in [0.2, 0.25) is 11.8 Å². The molecule has 6 nitrogen and oxygen atoms in total. The normalized spacial score (nSPS) is 21.4. The first-order valence-corrected chi connectivity index (χ1v) is 8.36. The molecule has 1 unspecified atom stereocenters. The predicted octanol–water partition coefficient (Wildman–Crippen LogP) is 1.01. The van der Waals surface area contributed by atoms with Crippen LogP contribution in [0.1, 0.15) is 18.4 Å². The minimum atomic E-state index is -0.467. The Morgan fingerprint density at radius 3 is 2.50 bits per heavy atom. The number of hydrogen-bond donors (Lipinski definition) is 1. The van der Waals surface area contributed by atoms with Crippen molar-refractivity contribution in [1.82, 2.24) is 4.90 Å². The van der Waals surface area contributed by atoms with Crippen molar-refractivity contribution in [2.45, 2.75) is 18.9 Å². The Hall–Kier alpha value is -2.34. The van der Waals surface area contributed by atoms with E-state index in [-0.39, 0.29) is 5.91 Å². The third-order valence-corrected chi connectivity index (χ3v) is 4.55. The van der Waals surface area contributed by atoms with E-state index in [0.29, 0.717) is 13.0 Å². The zero-order valence-corrected chi connectivity index (χ0v) is 13.7. The number of amides is 2. The average Bonchev–Trinajstić information content (AvgIpc) is 3.11. The van der Waals surface area contributed by atoms with Crippen LogP contribution in [0, 0.1) is 0 Å². The number of likely N-dealkylation sites (tertiary alicyclic amines) is 1. The minimum absolute atomic E-state index is 0.159. The van der Waals surface area contributed by atoms with Crippen molar-refractivity contribution < 1.29 is 14.3 Å². The van der Waals surface area contributed by atoms with Crippen LogP contribution < -0.4 is 10.6 Å². The summed E-state index contributed by atoms with van der Waals surface area (Å²) in [5.74, 6) is -0.585. The minimum Gasteiger partial charge on any atom is -0.378 e. The van der Waals surface area contributed by atoms with Crippen LogP contribution in [0.15, 0.2) is 30.3 Å². The lowest BCUT2D eigenvalue weighted by Gasteiger charge is -2.28. The van der Waals surface area contributed by atoms with Crippen molar-refractivity contribution in [2.75, 3.05) is 37.7 Å². The van der Waals surface area contributed by atoms with Crippen LogP contribution in [-0.2, 0) is 14.3 Å². The molecule has 0 aromatic heterocycles. The molecule has 0 bridgehead atoms. The first kappa shape index (κ1) is 16.5. The maximum Gasteiger partial charge on any atom is 0.247 e. The van der Waals surface area contributed by atoms with E-state index < -0.39 is 11.9 Å². The summed E-state index contributed by atoms with van der Waals surface area (Å²) >= 11 is 0. The van der Waals surface area contributed by atoms with E-state index in [1.54, 1.807) is 11.0 Å². The second-order valence-corrected chi connectivity index (χ2v) is 6.12. The molecule has 2 fully saturated rings. The topological polar surface area (TPSA) is 75.9 Å². The molecule has 0 radical (unpaired) electrons. The molecular weight excluding hydrogens is 306 g/mol. The van der Waals surface area contributed by atoms with Crippen molar-refractivity contribution in [3.8, 4) is 0 Å². The number of nitrogens with two attached hydrogens (primary N) is 1. The van der Waals surface area contributed by atoms with Gasteiger partial charge in [-0.15, -0.1) is 0 Å². The number of benzene rings is 1. The van der Waals surface area contributed by atoms with Gasteiger partial charge < -0.3 is 20.3 Å². The maximum atomic E-state index is 12.3. The van der Waals surface area contributed by atoms with E-state index in [4.69, 9.17) is 10.5 Å². The van der Waals surface area contributed by atoms with E-state index in [9.17, 15) is 9.59 Å². The van der Waals surface area contributed by atoms with Crippen LogP contribution in [0.25, 0.3) is 6.08 Å². The van der Waals surface area contributed by atoms with E-state index in [1.807, 2.05) is 12.1 Å². The third kappa shape index (κ3) is 3.76. The van der Waals surface area contributed by atoms with Crippen LogP contribution in [0.5, 0.6) is 0 Å². The molecular formula is C18H23N3O3. The van der Waals surface area contributed by atoms with Gasteiger partial charge in [0.1, 0.15) is 6.04 Å². The number of hydrogen-bond acceptors (Lipinski definition) is 4. The number of rotatable bonds is 4. The Morgan fingerprint density at radius 1 is 1.12 bits per heavy atom. The molecule has 2 saturated heterocycles. The Balaban J connectivity index is 1.61. The van der Waals surface area contributed by atoms with Crippen molar-refractivity contribution in [2.24, 2.45) is 5.73 Å². The fourth-order valence-electron chi connectivity index (χ4n) is 3.21. The molecule has 3 rings (SSSR count). The maximum absolute atomic E-state index is 12.3. The van der Waals surface area contributed by atoms with Crippen molar-refractivity contribution in [1.29, 1.82) is 0 Å². The lowest BCUT2D eigenvalue weighted by molar-refractivity contribution is -0.133. The van der Waals surface area contributed by atoms with Gasteiger partial charge in [-0.3, -0.25) is 9.59 Å². The second kappa shape index (κ2) is 7.49. The fraction of sp³-hybridized carbons (Fsp3) is 0.444. The molecule has 0 saturated carbocycles. The third-order valence-electron chi connectivity index (χ3n) is 4.55. The molecule has 128 valence electrons. The summed E-state index contributed by atoms with van der Waals surface area (Å²) in [6, 6.07) is 7.62. The Morgan fingerprint density at radius 2 is 1.83 bits per heavy atom. The molecule has 1 aromatic rings.